The summed E-state index contributed by atoms with van der Waals surface area (Å²) < 4.78 is 5.34. The van der Waals surface area contributed by atoms with Gasteiger partial charge < -0.3 is 30.2 Å². The number of carbonyl (C=O) groups excluding carboxylic acids is 2. The predicted octanol–water partition coefficient (Wildman–Crippen LogP) is 4.16. The van der Waals surface area contributed by atoms with Gasteiger partial charge in [0.15, 0.2) is 5.13 Å². The van der Waals surface area contributed by atoms with E-state index in [1.54, 1.807) is 26.2 Å². The van der Waals surface area contributed by atoms with Crippen molar-refractivity contribution in [1.82, 2.24) is 30.6 Å². The van der Waals surface area contributed by atoms with Gasteiger partial charge in [0.25, 0.3) is 5.91 Å². The monoisotopic (exact) mass is 620 g/mol. The molecule has 3 N–H and O–H groups in total. The fourth-order valence-electron chi connectivity index (χ4n) is 5.20. The number of ether oxygens (including phenoxy) is 1. The Balaban J connectivity index is 1.32. The maximum Gasteiger partial charge on any atom is 0.350 e. The standard InChI is InChI=1S/C27H34Cl2N8O3S/c1-5-40-26(39)24-22(18-10-32-19(11-31-18)36-9-7-30-15(3)13-36)35-27(41-24)37-8-6-17(14(2)12-37)34-25(38)23-21(29)20(28)16(4)33-23/h10-11,14-15,17,30,33H,5-9,12-13H2,1-4H3,(H,34,38)/t14-,15+,17?/m0/s1. The van der Waals surface area contributed by atoms with Gasteiger partial charge >= 0.3 is 5.97 Å². The van der Waals surface area contributed by atoms with Gasteiger partial charge in [0.2, 0.25) is 0 Å². The molecule has 3 atom stereocenters. The van der Waals surface area contributed by atoms with Gasteiger partial charge in [-0.15, -0.1) is 0 Å². The lowest BCUT2D eigenvalue weighted by atomic mass is 9.94. The van der Waals surface area contributed by atoms with Gasteiger partial charge in [0.1, 0.15) is 27.8 Å². The first-order valence-electron chi connectivity index (χ1n) is 13.7. The molecule has 2 fully saturated rings. The summed E-state index contributed by atoms with van der Waals surface area (Å²) in [6.07, 6.45) is 4.11. The summed E-state index contributed by atoms with van der Waals surface area (Å²) in [6.45, 7) is 11.9. The molecule has 2 aliphatic rings. The molecule has 0 radical (unpaired) electrons. The van der Waals surface area contributed by atoms with Crippen molar-refractivity contribution >= 4 is 57.4 Å². The van der Waals surface area contributed by atoms with E-state index in [4.69, 9.17) is 32.9 Å². The number of aryl methyl sites for hydroxylation is 1. The summed E-state index contributed by atoms with van der Waals surface area (Å²) in [7, 11) is 0. The number of nitrogens with one attached hydrogen (secondary N) is 3. The molecule has 41 heavy (non-hydrogen) atoms. The second kappa shape index (κ2) is 12.5. The molecule has 14 heteroatoms. The van der Waals surface area contributed by atoms with Crippen LogP contribution in [0.1, 0.15) is 53.0 Å². The maximum absolute atomic E-state index is 12.9. The first-order valence-corrected chi connectivity index (χ1v) is 15.3. The zero-order valence-electron chi connectivity index (χ0n) is 23.5. The minimum atomic E-state index is -0.431. The molecule has 2 aliphatic heterocycles. The number of aromatic amines is 1. The third-order valence-corrected chi connectivity index (χ3v) is 9.47. The molecule has 0 aliphatic carbocycles. The Morgan fingerprint density at radius 1 is 1.15 bits per heavy atom. The van der Waals surface area contributed by atoms with Crippen LogP contribution in [0.5, 0.6) is 0 Å². The lowest BCUT2D eigenvalue weighted by molar-refractivity contribution is 0.0532. The second-order valence-corrected chi connectivity index (χ2v) is 12.2. The summed E-state index contributed by atoms with van der Waals surface area (Å²) in [5.74, 6) is 0.192. The molecule has 0 bridgehead atoms. The van der Waals surface area contributed by atoms with E-state index < -0.39 is 5.97 Å². The van der Waals surface area contributed by atoms with Crippen LogP contribution in [0.15, 0.2) is 12.4 Å². The van der Waals surface area contributed by atoms with Crippen LogP contribution in [-0.4, -0.2) is 83.2 Å². The van der Waals surface area contributed by atoms with Gasteiger partial charge in [-0.3, -0.25) is 4.79 Å². The molecule has 1 unspecified atom stereocenters. The van der Waals surface area contributed by atoms with Crippen molar-refractivity contribution in [3.05, 3.63) is 38.7 Å². The van der Waals surface area contributed by atoms with E-state index in [0.717, 1.165) is 25.5 Å². The van der Waals surface area contributed by atoms with Crippen molar-refractivity contribution in [3.8, 4) is 11.4 Å². The van der Waals surface area contributed by atoms with Gasteiger partial charge in [0, 0.05) is 50.5 Å². The van der Waals surface area contributed by atoms with Crippen molar-refractivity contribution in [1.29, 1.82) is 0 Å². The highest BCUT2D eigenvalue weighted by atomic mass is 35.5. The van der Waals surface area contributed by atoms with Crippen LogP contribution in [0.25, 0.3) is 11.4 Å². The van der Waals surface area contributed by atoms with E-state index >= 15 is 0 Å². The lowest BCUT2D eigenvalue weighted by Crippen LogP contribution is -2.50. The van der Waals surface area contributed by atoms with Gasteiger partial charge in [-0.05, 0) is 33.1 Å². The number of piperidine rings is 1. The summed E-state index contributed by atoms with van der Waals surface area (Å²) in [5.41, 5.74) is 1.91. The van der Waals surface area contributed by atoms with E-state index in [9.17, 15) is 9.59 Å². The topological polar surface area (TPSA) is 128 Å². The number of rotatable bonds is 7. The number of amides is 1. The third-order valence-electron chi connectivity index (χ3n) is 7.42. The molecule has 3 aromatic rings. The Morgan fingerprint density at radius 2 is 1.95 bits per heavy atom. The first-order chi connectivity index (χ1) is 19.7. The first kappa shape index (κ1) is 29.6. The minimum Gasteiger partial charge on any atom is -0.462 e. The number of esters is 1. The lowest BCUT2D eigenvalue weighted by Gasteiger charge is -2.37. The van der Waals surface area contributed by atoms with Crippen LogP contribution in [0, 0.1) is 12.8 Å². The molecule has 11 nitrogen and oxygen atoms in total. The van der Waals surface area contributed by atoms with Crippen LogP contribution in [0.4, 0.5) is 10.9 Å². The Hall–Kier alpha value is -2.93. The van der Waals surface area contributed by atoms with Crippen LogP contribution in [-0.2, 0) is 4.74 Å². The summed E-state index contributed by atoms with van der Waals surface area (Å²) >= 11 is 13.7. The SMILES string of the molecule is CCOC(=O)c1sc(N2CCC(NC(=O)c3[nH]c(C)c(Cl)c3Cl)[C@@H](C)C2)nc1-c1cnc(N2CCN[C@H](C)C2)cn1. The second-order valence-electron chi connectivity index (χ2n) is 10.5. The van der Waals surface area contributed by atoms with Crippen molar-refractivity contribution < 1.29 is 14.3 Å². The molecule has 5 heterocycles. The zero-order valence-corrected chi connectivity index (χ0v) is 25.8. The Bertz CT molecular complexity index is 1410. The van der Waals surface area contributed by atoms with E-state index in [-0.39, 0.29) is 35.2 Å². The summed E-state index contributed by atoms with van der Waals surface area (Å²) in [6, 6.07) is 0.308. The number of aromatic nitrogens is 4. The number of nitrogens with zero attached hydrogens (tertiary/aromatic N) is 5. The average Bonchev–Trinajstić information content (AvgIpc) is 3.52. The number of hydrogen-bond acceptors (Lipinski definition) is 10. The molecule has 5 rings (SSSR count). The van der Waals surface area contributed by atoms with E-state index in [0.29, 0.717) is 57.7 Å². The van der Waals surface area contributed by atoms with Crippen molar-refractivity contribution in [2.75, 3.05) is 49.1 Å². The van der Waals surface area contributed by atoms with Crippen LogP contribution < -0.4 is 20.4 Å². The molecule has 0 aromatic carbocycles. The molecule has 2 saturated heterocycles. The number of carbonyl (C=O) groups is 2. The molecule has 0 spiro atoms. The molecular weight excluding hydrogens is 587 g/mol. The fraction of sp³-hybridized carbons (Fsp3) is 0.519. The third kappa shape index (κ3) is 6.30. The van der Waals surface area contributed by atoms with Crippen LogP contribution in [0.2, 0.25) is 10.0 Å². The molecule has 0 saturated carbocycles. The Labute approximate surface area is 253 Å². The van der Waals surface area contributed by atoms with E-state index in [2.05, 4.69) is 49.2 Å². The fourth-order valence-corrected chi connectivity index (χ4v) is 6.62. The van der Waals surface area contributed by atoms with Crippen molar-refractivity contribution in [2.45, 2.75) is 46.2 Å². The predicted molar refractivity (Wildman–Crippen MR) is 162 cm³/mol. The highest BCUT2D eigenvalue weighted by Gasteiger charge is 2.32. The quantitative estimate of drug-likeness (QED) is 0.333. The number of thiazole rings is 1. The number of H-pyrrole nitrogens is 1. The number of halogens is 2. The molecular formula is C27H34Cl2N8O3S. The smallest absolute Gasteiger partial charge is 0.350 e. The van der Waals surface area contributed by atoms with E-state index in [1.165, 1.54) is 11.3 Å². The van der Waals surface area contributed by atoms with Crippen molar-refractivity contribution in [2.24, 2.45) is 5.92 Å². The normalized spacial score (nSPS) is 21.2. The average molecular weight is 622 g/mol. The van der Waals surface area contributed by atoms with Crippen LogP contribution >= 0.6 is 34.5 Å². The van der Waals surface area contributed by atoms with Crippen LogP contribution in [0.3, 0.4) is 0 Å². The van der Waals surface area contributed by atoms with Gasteiger partial charge in [-0.25, -0.2) is 19.7 Å². The van der Waals surface area contributed by atoms with Gasteiger partial charge in [-0.2, -0.15) is 0 Å². The van der Waals surface area contributed by atoms with Gasteiger partial charge in [-0.1, -0.05) is 41.5 Å². The number of hydrogen-bond donors (Lipinski definition) is 3. The molecule has 1 amide bonds. The van der Waals surface area contributed by atoms with E-state index in [1.807, 2.05) is 0 Å². The highest BCUT2D eigenvalue weighted by Crippen LogP contribution is 2.35. The molecule has 3 aromatic heterocycles. The summed E-state index contributed by atoms with van der Waals surface area (Å²) in [5, 5.41) is 7.81. The Kier molecular flexibility index (Phi) is 9.03. The highest BCUT2D eigenvalue weighted by molar-refractivity contribution is 7.17. The Morgan fingerprint density at radius 3 is 2.59 bits per heavy atom. The van der Waals surface area contributed by atoms with Crippen molar-refractivity contribution in [3.63, 3.8) is 0 Å². The molecule has 220 valence electrons. The maximum atomic E-state index is 12.9. The largest absolute Gasteiger partial charge is 0.462 e. The zero-order chi connectivity index (χ0) is 29.3. The minimum absolute atomic E-state index is 0.0627. The number of anilines is 2. The summed E-state index contributed by atoms with van der Waals surface area (Å²) in [4.78, 5) is 47.6. The number of piperazine rings is 1. The van der Waals surface area contributed by atoms with Gasteiger partial charge in [0.05, 0.1) is 29.0 Å².